The molecule has 1 fully saturated rings. The highest BCUT2D eigenvalue weighted by molar-refractivity contribution is 5.75. The van der Waals surface area contributed by atoms with Gasteiger partial charge in [0, 0.05) is 19.6 Å². The molecule has 1 saturated heterocycles. The first-order valence-electron chi connectivity index (χ1n) is 4.49. The predicted molar refractivity (Wildman–Crippen MR) is 49.3 cm³/mol. The molecule has 1 rings (SSSR count). The number of carbonyl (C=O) groups is 1. The van der Waals surface area contributed by atoms with E-state index < -0.39 is 0 Å². The summed E-state index contributed by atoms with van der Waals surface area (Å²) >= 11 is 0. The van der Waals surface area contributed by atoms with Crippen molar-refractivity contribution < 1.29 is 9.53 Å². The Balaban J connectivity index is 2.28. The SMILES string of the molecule is CNCC1CN(CC(N)=O)CCO1. The lowest BCUT2D eigenvalue weighted by atomic mass is 10.2. The number of nitrogens with zero attached hydrogens (tertiary/aromatic N) is 1. The molecule has 76 valence electrons. The van der Waals surface area contributed by atoms with Gasteiger partial charge in [-0.3, -0.25) is 9.69 Å². The van der Waals surface area contributed by atoms with Crippen LogP contribution in [0.4, 0.5) is 0 Å². The molecule has 1 aliphatic heterocycles. The van der Waals surface area contributed by atoms with Gasteiger partial charge < -0.3 is 15.8 Å². The summed E-state index contributed by atoms with van der Waals surface area (Å²) < 4.78 is 5.47. The minimum absolute atomic E-state index is 0.179. The van der Waals surface area contributed by atoms with Crippen LogP contribution in [0.25, 0.3) is 0 Å². The molecular formula is C8H17N3O2. The van der Waals surface area contributed by atoms with E-state index in [1.807, 2.05) is 11.9 Å². The zero-order chi connectivity index (χ0) is 9.68. The van der Waals surface area contributed by atoms with Crippen molar-refractivity contribution in [2.75, 3.05) is 39.8 Å². The number of nitrogens with two attached hydrogens (primary N) is 1. The maximum atomic E-state index is 10.7. The van der Waals surface area contributed by atoms with Gasteiger partial charge in [0.15, 0.2) is 0 Å². The van der Waals surface area contributed by atoms with Crippen LogP contribution in [0.5, 0.6) is 0 Å². The van der Waals surface area contributed by atoms with Crippen LogP contribution in [0.3, 0.4) is 0 Å². The maximum Gasteiger partial charge on any atom is 0.231 e. The van der Waals surface area contributed by atoms with E-state index in [4.69, 9.17) is 10.5 Å². The number of nitrogens with one attached hydrogen (secondary N) is 1. The number of amides is 1. The number of rotatable bonds is 4. The third-order valence-corrected chi connectivity index (χ3v) is 2.03. The minimum Gasteiger partial charge on any atom is -0.374 e. The van der Waals surface area contributed by atoms with E-state index in [1.165, 1.54) is 0 Å². The standard InChI is InChI=1S/C8H17N3O2/c1-10-4-7-5-11(2-3-13-7)6-8(9)12/h7,10H,2-6H2,1H3,(H2,9,12). The Morgan fingerprint density at radius 2 is 2.54 bits per heavy atom. The molecule has 0 aromatic rings. The van der Waals surface area contributed by atoms with Crippen LogP contribution in [0.1, 0.15) is 0 Å². The lowest BCUT2D eigenvalue weighted by molar-refractivity contribution is -0.121. The van der Waals surface area contributed by atoms with Crippen molar-refractivity contribution in [3.8, 4) is 0 Å². The van der Waals surface area contributed by atoms with Crippen LogP contribution in [-0.2, 0) is 9.53 Å². The first-order chi connectivity index (χ1) is 6.22. The van der Waals surface area contributed by atoms with Crippen molar-refractivity contribution in [3.05, 3.63) is 0 Å². The fourth-order valence-corrected chi connectivity index (χ4v) is 1.50. The van der Waals surface area contributed by atoms with Gasteiger partial charge in [-0.1, -0.05) is 0 Å². The Bertz CT molecular complexity index is 173. The molecule has 1 atom stereocenters. The highest BCUT2D eigenvalue weighted by Gasteiger charge is 2.20. The van der Waals surface area contributed by atoms with E-state index in [0.29, 0.717) is 13.2 Å². The Labute approximate surface area is 78.2 Å². The lowest BCUT2D eigenvalue weighted by Crippen LogP contribution is -2.48. The fraction of sp³-hybridized carbons (Fsp3) is 0.875. The van der Waals surface area contributed by atoms with E-state index in [9.17, 15) is 4.79 Å². The first kappa shape index (κ1) is 10.4. The predicted octanol–water partition coefficient (Wildman–Crippen LogP) is -1.61. The second kappa shape index (κ2) is 5.16. The van der Waals surface area contributed by atoms with Crippen molar-refractivity contribution in [2.24, 2.45) is 5.73 Å². The third kappa shape index (κ3) is 3.71. The zero-order valence-electron chi connectivity index (χ0n) is 7.95. The first-order valence-corrected chi connectivity index (χ1v) is 4.49. The number of ether oxygens (including phenoxy) is 1. The maximum absolute atomic E-state index is 10.7. The number of primary amides is 1. The van der Waals surface area contributed by atoms with Gasteiger partial charge in [-0.05, 0) is 7.05 Å². The van der Waals surface area contributed by atoms with Crippen LogP contribution < -0.4 is 11.1 Å². The molecule has 3 N–H and O–H groups in total. The molecule has 0 aliphatic carbocycles. The number of likely N-dealkylation sites (N-methyl/N-ethyl adjacent to an activating group) is 1. The van der Waals surface area contributed by atoms with E-state index in [0.717, 1.165) is 19.6 Å². The molecule has 0 spiro atoms. The van der Waals surface area contributed by atoms with Crippen LogP contribution in [0.15, 0.2) is 0 Å². The molecule has 1 heterocycles. The second-order valence-corrected chi connectivity index (χ2v) is 3.25. The summed E-state index contributed by atoms with van der Waals surface area (Å²) in [5.41, 5.74) is 5.11. The molecule has 0 aromatic carbocycles. The summed E-state index contributed by atoms with van der Waals surface area (Å²) in [7, 11) is 1.89. The van der Waals surface area contributed by atoms with E-state index >= 15 is 0 Å². The van der Waals surface area contributed by atoms with Gasteiger partial charge in [-0.2, -0.15) is 0 Å². The molecule has 0 bridgehead atoms. The van der Waals surface area contributed by atoms with Crippen molar-refractivity contribution in [3.63, 3.8) is 0 Å². The molecule has 0 radical (unpaired) electrons. The Hall–Kier alpha value is -0.650. The molecule has 1 aliphatic rings. The second-order valence-electron chi connectivity index (χ2n) is 3.25. The summed E-state index contributed by atoms with van der Waals surface area (Å²) in [5, 5.41) is 3.04. The molecule has 5 heteroatoms. The largest absolute Gasteiger partial charge is 0.374 e. The molecule has 13 heavy (non-hydrogen) atoms. The fourth-order valence-electron chi connectivity index (χ4n) is 1.50. The summed E-state index contributed by atoms with van der Waals surface area (Å²) in [5.74, 6) is -0.273. The van der Waals surface area contributed by atoms with Gasteiger partial charge in [0.25, 0.3) is 0 Å². The van der Waals surface area contributed by atoms with Gasteiger partial charge in [-0.25, -0.2) is 0 Å². The Morgan fingerprint density at radius 1 is 1.77 bits per heavy atom. The number of hydrogen-bond acceptors (Lipinski definition) is 4. The highest BCUT2D eigenvalue weighted by Crippen LogP contribution is 2.03. The van der Waals surface area contributed by atoms with Gasteiger partial charge >= 0.3 is 0 Å². The van der Waals surface area contributed by atoms with Crippen molar-refractivity contribution in [2.45, 2.75) is 6.10 Å². The molecule has 0 aromatic heterocycles. The molecule has 5 nitrogen and oxygen atoms in total. The Kier molecular flexibility index (Phi) is 4.14. The lowest BCUT2D eigenvalue weighted by Gasteiger charge is -2.31. The van der Waals surface area contributed by atoms with Gasteiger partial charge in [0.2, 0.25) is 5.91 Å². The van der Waals surface area contributed by atoms with E-state index in [2.05, 4.69) is 5.32 Å². The van der Waals surface area contributed by atoms with Crippen LogP contribution >= 0.6 is 0 Å². The van der Waals surface area contributed by atoms with Crippen molar-refractivity contribution in [1.29, 1.82) is 0 Å². The number of carbonyl (C=O) groups excluding carboxylic acids is 1. The normalized spacial score (nSPS) is 24.5. The van der Waals surface area contributed by atoms with Crippen LogP contribution in [0.2, 0.25) is 0 Å². The average Bonchev–Trinajstić information content (AvgIpc) is 2.04. The number of hydrogen-bond donors (Lipinski definition) is 2. The van der Waals surface area contributed by atoms with Crippen molar-refractivity contribution >= 4 is 5.91 Å². The van der Waals surface area contributed by atoms with Gasteiger partial charge in [0.1, 0.15) is 0 Å². The number of morpholine rings is 1. The third-order valence-electron chi connectivity index (χ3n) is 2.03. The summed E-state index contributed by atoms with van der Waals surface area (Å²) in [6, 6.07) is 0. The van der Waals surface area contributed by atoms with Crippen molar-refractivity contribution in [1.82, 2.24) is 10.2 Å². The minimum atomic E-state index is -0.273. The van der Waals surface area contributed by atoms with E-state index in [-0.39, 0.29) is 12.0 Å². The van der Waals surface area contributed by atoms with Gasteiger partial charge in [-0.15, -0.1) is 0 Å². The summed E-state index contributed by atoms with van der Waals surface area (Å²) in [6.07, 6.45) is 0.179. The smallest absolute Gasteiger partial charge is 0.231 e. The molecule has 1 unspecified atom stereocenters. The molecule has 0 saturated carbocycles. The monoisotopic (exact) mass is 187 g/mol. The van der Waals surface area contributed by atoms with Gasteiger partial charge in [0.05, 0.1) is 19.3 Å². The summed E-state index contributed by atoms with van der Waals surface area (Å²) in [4.78, 5) is 12.7. The quantitative estimate of drug-likeness (QED) is 0.556. The summed E-state index contributed by atoms with van der Waals surface area (Å²) in [6.45, 7) is 3.41. The Morgan fingerprint density at radius 3 is 3.15 bits per heavy atom. The highest BCUT2D eigenvalue weighted by atomic mass is 16.5. The van der Waals surface area contributed by atoms with Crippen LogP contribution in [0, 0.1) is 0 Å². The van der Waals surface area contributed by atoms with Crippen LogP contribution in [-0.4, -0.2) is 56.7 Å². The molecule has 1 amide bonds. The zero-order valence-corrected chi connectivity index (χ0v) is 7.95. The average molecular weight is 187 g/mol. The van der Waals surface area contributed by atoms with E-state index in [1.54, 1.807) is 0 Å². The molecular weight excluding hydrogens is 170 g/mol. The topological polar surface area (TPSA) is 67.6 Å².